The third-order valence-corrected chi connectivity index (χ3v) is 4.79. The number of pyridine rings is 1. The van der Waals surface area contributed by atoms with Crippen molar-refractivity contribution in [2.45, 2.75) is 6.61 Å². The highest BCUT2D eigenvalue weighted by molar-refractivity contribution is 14.1. The fraction of sp³-hybridized carbons (Fsp3) is 0.154. The van der Waals surface area contributed by atoms with Gasteiger partial charge < -0.3 is 9.47 Å². The van der Waals surface area contributed by atoms with Crippen molar-refractivity contribution in [3.63, 3.8) is 0 Å². The van der Waals surface area contributed by atoms with E-state index < -0.39 is 0 Å². The minimum absolute atomic E-state index is 0.490. The molecule has 94 valence electrons. The zero-order chi connectivity index (χ0) is 13.0. The molecule has 0 fully saturated rings. The largest absolute Gasteiger partial charge is 0.497 e. The number of benzene rings is 1. The number of halogens is 2. The monoisotopic (exact) mass is 419 g/mol. The summed E-state index contributed by atoms with van der Waals surface area (Å²) in [5.74, 6) is 1.48. The Morgan fingerprint density at radius 1 is 1.22 bits per heavy atom. The molecule has 1 aromatic heterocycles. The molecule has 0 radical (unpaired) electrons. The van der Waals surface area contributed by atoms with Crippen molar-refractivity contribution in [3.05, 3.63) is 50.1 Å². The van der Waals surface area contributed by atoms with E-state index in [2.05, 4.69) is 43.5 Å². The summed E-state index contributed by atoms with van der Waals surface area (Å²) in [6.07, 6.45) is 1.72. The van der Waals surface area contributed by atoms with Crippen molar-refractivity contribution in [1.82, 2.24) is 4.98 Å². The van der Waals surface area contributed by atoms with Gasteiger partial charge in [-0.2, -0.15) is 0 Å². The predicted octanol–water partition coefficient (Wildman–Crippen LogP) is 4.04. The van der Waals surface area contributed by atoms with E-state index in [1.54, 1.807) is 13.3 Å². The van der Waals surface area contributed by atoms with Crippen LogP contribution in [-0.4, -0.2) is 12.1 Å². The minimum atomic E-state index is 0.490. The van der Waals surface area contributed by atoms with Crippen molar-refractivity contribution in [2.75, 3.05) is 7.11 Å². The van der Waals surface area contributed by atoms with E-state index in [1.165, 1.54) is 0 Å². The summed E-state index contributed by atoms with van der Waals surface area (Å²) in [5.41, 5.74) is 1.08. The molecule has 0 unspecified atom stereocenters. The Balaban J connectivity index is 2.04. The molecule has 2 aromatic rings. The summed E-state index contributed by atoms with van der Waals surface area (Å²) >= 11 is 5.65. The number of ether oxygens (including phenoxy) is 2. The molecule has 0 aliphatic rings. The number of hydrogen-bond donors (Lipinski definition) is 0. The first kappa shape index (κ1) is 13.6. The fourth-order valence-corrected chi connectivity index (χ4v) is 2.14. The number of nitrogens with zero attached hydrogens (tertiary/aromatic N) is 1. The number of aromatic nitrogens is 1. The molecule has 2 rings (SSSR count). The second-order valence-electron chi connectivity index (χ2n) is 3.55. The molecule has 5 heteroatoms. The summed E-state index contributed by atoms with van der Waals surface area (Å²) in [6.45, 7) is 0.490. The van der Waals surface area contributed by atoms with E-state index in [0.29, 0.717) is 12.5 Å². The Kier molecular flexibility index (Phi) is 4.82. The molecule has 0 aliphatic carbocycles. The van der Waals surface area contributed by atoms with Crippen LogP contribution in [0.4, 0.5) is 0 Å². The fourth-order valence-electron chi connectivity index (χ4n) is 1.38. The predicted molar refractivity (Wildman–Crippen MR) is 82.0 cm³/mol. The molecule has 0 spiro atoms. The van der Waals surface area contributed by atoms with E-state index in [1.807, 2.05) is 30.3 Å². The van der Waals surface area contributed by atoms with Gasteiger partial charge in [0.15, 0.2) is 0 Å². The molecular formula is C13H11BrINO2. The molecule has 0 atom stereocenters. The Morgan fingerprint density at radius 2 is 1.94 bits per heavy atom. The summed E-state index contributed by atoms with van der Waals surface area (Å²) in [7, 11) is 1.65. The van der Waals surface area contributed by atoms with Gasteiger partial charge in [-0.05, 0) is 62.3 Å². The molecule has 0 amide bonds. The maximum Gasteiger partial charge on any atom is 0.228 e. The highest BCUT2D eigenvalue weighted by Gasteiger charge is 2.06. The Morgan fingerprint density at radius 3 is 2.61 bits per heavy atom. The van der Waals surface area contributed by atoms with Gasteiger partial charge in [-0.25, -0.2) is 4.98 Å². The lowest BCUT2D eigenvalue weighted by molar-refractivity contribution is 0.291. The Hall–Kier alpha value is -0.820. The molecule has 1 heterocycles. The molecular weight excluding hydrogens is 409 g/mol. The molecule has 1 aromatic carbocycles. The first-order chi connectivity index (χ1) is 8.70. The van der Waals surface area contributed by atoms with Gasteiger partial charge in [0.1, 0.15) is 12.4 Å². The van der Waals surface area contributed by atoms with Crippen LogP contribution < -0.4 is 9.47 Å². The molecule has 3 nitrogen and oxygen atoms in total. The van der Waals surface area contributed by atoms with Gasteiger partial charge in [-0.1, -0.05) is 12.1 Å². The summed E-state index contributed by atoms with van der Waals surface area (Å²) in [4.78, 5) is 4.20. The minimum Gasteiger partial charge on any atom is -0.497 e. The van der Waals surface area contributed by atoms with Crippen LogP contribution in [0.3, 0.4) is 0 Å². The van der Waals surface area contributed by atoms with Gasteiger partial charge in [0.05, 0.1) is 10.7 Å². The highest BCUT2D eigenvalue weighted by atomic mass is 127. The average molecular weight is 420 g/mol. The Labute approximate surface area is 128 Å². The first-order valence-electron chi connectivity index (χ1n) is 5.26. The zero-order valence-electron chi connectivity index (χ0n) is 9.69. The average Bonchev–Trinajstić information content (AvgIpc) is 2.41. The van der Waals surface area contributed by atoms with Crippen molar-refractivity contribution in [2.24, 2.45) is 0 Å². The van der Waals surface area contributed by atoms with Crippen LogP contribution in [0.25, 0.3) is 0 Å². The maximum absolute atomic E-state index is 5.69. The highest BCUT2D eigenvalue weighted by Crippen LogP contribution is 2.26. The molecule has 0 aliphatic heterocycles. The van der Waals surface area contributed by atoms with Gasteiger partial charge >= 0.3 is 0 Å². The first-order valence-corrected chi connectivity index (χ1v) is 7.13. The standard InChI is InChI=1S/C13H11BrINO2/c1-17-10-4-2-9(3-5-10)8-18-13-12(15)11(14)6-7-16-13/h2-7H,8H2,1H3. The lowest BCUT2D eigenvalue weighted by atomic mass is 10.2. The van der Waals surface area contributed by atoms with E-state index >= 15 is 0 Å². The van der Waals surface area contributed by atoms with Crippen molar-refractivity contribution in [3.8, 4) is 11.6 Å². The van der Waals surface area contributed by atoms with Crippen LogP contribution in [0.15, 0.2) is 41.0 Å². The van der Waals surface area contributed by atoms with E-state index in [9.17, 15) is 0 Å². The smallest absolute Gasteiger partial charge is 0.228 e. The third kappa shape index (κ3) is 3.35. The lowest BCUT2D eigenvalue weighted by Crippen LogP contribution is -1.99. The van der Waals surface area contributed by atoms with E-state index in [0.717, 1.165) is 19.4 Å². The van der Waals surface area contributed by atoms with Crippen LogP contribution >= 0.6 is 38.5 Å². The molecule has 0 saturated heterocycles. The van der Waals surface area contributed by atoms with Gasteiger partial charge in [-0.3, -0.25) is 0 Å². The summed E-state index contributed by atoms with van der Waals surface area (Å²) in [6, 6.07) is 9.67. The summed E-state index contributed by atoms with van der Waals surface area (Å²) < 4.78 is 12.8. The van der Waals surface area contributed by atoms with Crippen LogP contribution in [0.5, 0.6) is 11.6 Å². The SMILES string of the molecule is COc1ccc(COc2nccc(Br)c2I)cc1. The van der Waals surface area contributed by atoms with Gasteiger partial charge in [0, 0.05) is 10.7 Å². The molecule has 0 N–H and O–H groups in total. The zero-order valence-corrected chi connectivity index (χ0v) is 13.4. The third-order valence-electron chi connectivity index (χ3n) is 2.34. The lowest BCUT2D eigenvalue weighted by Gasteiger charge is -2.08. The Bertz CT molecular complexity index is 531. The maximum atomic E-state index is 5.69. The number of methoxy groups -OCH3 is 1. The molecule has 18 heavy (non-hydrogen) atoms. The second-order valence-corrected chi connectivity index (χ2v) is 5.48. The summed E-state index contributed by atoms with van der Waals surface area (Å²) in [5, 5.41) is 0. The number of hydrogen-bond acceptors (Lipinski definition) is 3. The van der Waals surface area contributed by atoms with Crippen LogP contribution in [0, 0.1) is 3.57 Å². The normalized spacial score (nSPS) is 10.2. The second kappa shape index (κ2) is 6.38. The topological polar surface area (TPSA) is 31.4 Å². The van der Waals surface area contributed by atoms with Crippen LogP contribution in [-0.2, 0) is 6.61 Å². The van der Waals surface area contributed by atoms with E-state index in [-0.39, 0.29) is 0 Å². The van der Waals surface area contributed by atoms with Crippen LogP contribution in [0.2, 0.25) is 0 Å². The van der Waals surface area contributed by atoms with Crippen molar-refractivity contribution < 1.29 is 9.47 Å². The number of rotatable bonds is 4. The van der Waals surface area contributed by atoms with Gasteiger partial charge in [0.25, 0.3) is 0 Å². The van der Waals surface area contributed by atoms with Gasteiger partial charge in [0.2, 0.25) is 5.88 Å². The van der Waals surface area contributed by atoms with Crippen molar-refractivity contribution in [1.29, 1.82) is 0 Å². The quantitative estimate of drug-likeness (QED) is 0.701. The van der Waals surface area contributed by atoms with Crippen LogP contribution in [0.1, 0.15) is 5.56 Å². The van der Waals surface area contributed by atoms with E-state index in [4.69, 9.17) is 9.47 Å². The molecule has 0 bridgehead atoms. The molecule has 0 saturated carbocycles. The van der Waals surface area contributed by atoms with Gasteiger partial charge in [-0.15, -0.1) is 0 Å². The van der Waals surface area contributed by atoms with Crippen molar-refractivity contribution >= 4 is 38.5 Å².